The summed E-state index contributed by atoms with van der Waals surface area (Å²) in [5, 5.41) is 11.2. The topological polar surface area (TPSA) is 45.6 Å². The summed E-state index contributed by atoms with van der Waals surface area (Å²) in [6, 6.07) is 2.14. The molecule has 1 aromatic rings. The summed E-state index contributed by atoms with van der Waals surface area (Å²) in [5.74, 6) is 0.897. The van der Waals surface area contributed by atoms with Crippen LogP contribution in [0.1, 0.15) is 44.6 Å². The number of nitrogens with one attached hydrogen (secondary N) is 2. The molecule has 132 valence electrons. The lowest BCUT2D eigenvalue weighted by molar-refractivity contribution is 0.105. The van der Waals surface area contributed by atoms with Crippen molar-refractivity contribution in [3.8, 4) is 0 Å². The average molecular weight is 451 g/mol. The van der Waals surface area contributed by atoms with E-state index in [-0.39, 0.29) is 24.0 Å². The minimum Gasteiger partial charge on any atom is -0.382 e. The first-order valence-corrected chi connectivity index (χ1v) is 9.26. The summed E-state index contributed by atoms with van der Waals surface area (Å²) >= 11 is 1.73. The van der Waals surface area contributed by atoms with Crippen molar-refractivity contribution in [3.05, 3.63) is 22.4 Å². The molecule has 0 amide bonds. The van der Waals surface area contributed by atoms with Crippen LogP contribution in [0.3, 0.4) is 0 Å². The highest BCUT2D eigenvalue weighted by molar-refractivity contribution is 14.0. The highest BCUT2D eigenvalue weighted by atomic mass is 127. The number of nitrogens with zero attached hydrogens (tertiary/aromatic N) is 1. The monoisotopic (exact) mass is 451 g/mol. The molecule has 2 rings (SSSR count). The Labute approximate surface area is 161 Å². The molecule has 0 bridgehead atoms. The quantitative estimate of drug-likeness (QED) is 0.272. The van der Waals surface area contributed by atoms with E-state index in [1.165, 1.54) is 31.2 Å². The summed E-state index contributed by atoms with van der Waals surface area (Å²) < 4.78 is 5.58. The molecule has 1 saturated carbocycles. The molecular weight excluding hydrogens is 421 g/mol. The fraction of sp³-hybridized carbons (Fsp3) is 0.706. The van der Waals surface area contributed by atoms with Crippen LogP contribution in [0.5, 0.6) is 0 Å². The van der Waals surface area contributed by atoms with Crippen LogP contribution in [-0.4, -0.2) is 32.8 Å². The third-order valence-electron chi connectivity index (χ3n) is 4.54. The smallest absolute Gasteiger partial charge is 0.191 e. The number of thiophene rings is 1. The standard InChI is InChI=1S/C17H29N3OS.HI/c1-3-21-10-9-17(7-4-5-8-17)14-20-16(18-2)19-12-15-6-11-22-13-15;/h6,11,13H,3-5,7-10,12,14H2,1-2H3,(H2,18,19,20);1H. The van der Waals surface area contributed by atoms with Crippen molar-refractivity contribution in [2.45, 2.75) is 45.6 Å². The van der Waals surface area contributed by atoms with Gasteiger partial charge in [-0.3, -0.25) is 4.99 Å². The van der Waals surface area contributed by atoms with Gasteiger partial charge in [0.2, 0.25) is 0 Å². The predicted molar refractivity (Wildman–Crippen MR) is 110 cm³/mol. The molecule has 0 radical (unpaired) electrons. The minimum absolute atomic E-state index is 0. The lowest BCUT2D eigenvalue weighted by Gasteiger charge is -2.30. The van der Waals surface area contributed by atoms with Crippen LogP contribution in [0.15, 0.2) is 21.8 Å². The maximum atomic E-state index is 5.58. The number of aliphatic imine (C=N–C) groups is 1. The molecule has 6 heteroatoms. The van der Waals surface area contributed by atoms with E-state index in [4.69, 9.17) is 4.74 Å². The van der Waals surface area contributed by atoms with Gasteiger partial charge in [0.1, 0.15) is 0 Å². The molecular formula is C17H30IN3OS. The Morgan fingerprint density at radius 2 is 2.13 bits per heavy atom. The van der Waals surface area contributed by atoms with Gasteiger partial charge in [0.15, 0.2) is 5.96 Å². The second-order valence-corrected chi connectivity index (χ2v) is 6.84. The van der Waals surface area contributed by atoms with Crippen molar-refractivity contribution in [2.75, 3.05) is 26.8 Å². The maximum absolute atomic E-state index is 5.58. The van der Waals surface area contributed by atoms with Crippen molar-refractivity contribution >= 4 is 41.3 Å². The molecule has 0 spiro atoms. The molecule has 0 aromatic carbocycles. The summed E-state index contributed by atoms with van der Waals surface area (Å²) in [7, 11) is 1.84. The molecule has 1 aliphatic rings. The minimum atomic E-state index is 0. The lowest BCUT2D eigenvalue weighted by Crippen LogP contribution is -2.43. The van der Waals surface area contributed by atoms with E-state index >= 15 is 0 Å². The fourth-order valence-corrected chi connectivity index (χ4v) is 3.81. The van der Waals surface area contributed by atoms with Gasteiger partial charge in [0.25, 0.3) is 0 Å². The van der Waals surface area contributed by atoms with Crippen molar-refractivity contribution in [1.82, 2.24) is 10.6 Å². The summed E-state index contributed by atoms with van der Waals surface area (Å²) in [6.45, 7) is 5.57. The van der Waals surface area contributed by atoms with Crippen LogP contribution in [0.25, 0.3) is 0 Å². The molecule has 0 atom stereocenters. The van der Waals surface area contributed by atoms with E-state index in [0.717, 1.165) is 38.7 Å². The van der Waals surface area contributed by atoms with Crippen molar-refractivity contribution in [1.29, 1.82) is 0 Å². The maximum Gasteiger partial charge on any atom is 0.191 e. The molecule has 1 fully saturated rings. The summed E-state index contributed by atoms with van der Waals surface area (Å²) in [5.41, 5.74) is 1.69. The molecule has 0 unspecified atom stereocenters. The number of hydrogen-bond donors (Lipinski definition) is 2. The van der Waals surface area contributed by atoms with Crippen LogP contribution in [-0.2, 0) is 11.3 Å². The zero-order valence-electron chi connectivity index (χ0n) is 14.3. The number of hydrogen-bond acceptors (Lipinski definition) is 3. The Morgan fingerprint density at radius 3 is 2.74 bits per heavy atom. The Morgan fingerprint density at radius 1 is 1.35 bits per heavy atom. The average Bonchev–Trinajstić information content (AvgIpc) is 3.20. The van der Waals surface area contributed by atoms with Crippen molar-refractivity contribution < 1.29 is 4.74 Å². The van der Waals surface area contributed by atoms with E-state index in [0.29, 0.717) is 5.41 Å². The number of guanidine groups is 1. The van der Waals surface area contributed by atoms with Crippen LogP contribution in [0.2, 0.25) is 0 Å². The lowest BCUT2D eigenvalue weighted by atomic mass is 9.83. The second kappa shape index (κ2) is 11.3. The summed E-state index contributed by atoms with van der Waals surface area (Å²) in [4.78, 5) is 4.34. The second-order valence-electron chi connectivity index (χ2n) is 6.06. The van der Waals surface area contributed by atoms with Gasteiger partial charge in [-0.1, -0.05) is 12.8 Å². The van der Waals surface area contributed by atoms with Gasteiger partial charge in [-0.15, -0.1) is 24.0 Å². The molecule has 0 aliphatic heterocycles. The van der Waals surface area contributed by atoms with Crippen LogP contribution < -0.4 is 10.6 Å². The van der Waals surface area contributed by atoms with E-state index in [1.807, 2.05) is 7.05 Å². The van der Waals surface area contributed by atoms with Crippen LogP contribution >= 0.6 is 35.3 Å². The first kappa shape index (κ1) is 20.7. The van der Waals surface area contributed by atoms with Crippen molar-refractivity contribution in [3.63, 3.8) is 0 Å². The van der Waals surface area contributed by atoms with Gasteiger partial charge in [-0.2, -0.15) is 11.3 Å². The van der Waals surface area contributed by atoms with Gasteiger partial charge < -0.3 is 15.4 Å². The van der Waals surface area contributed by atoms with Gasteiger partial charge in [0.05, 0.1) is 0 Å². The van der Waals surface area contributed by atoms with E-state index in [9.17, 15) is 0 Å². The Kier molecular flexibility index (Phi) is 10.1. The zero-order valence-corrected chi connectivity index (χ0v) is 17.4. The van der Waals surface area contributed by atoms with Gasteiger partial charge in [-0.25, -0.2) is 0 Å². The van der Waals surface area contributed by atoms with Gasteiger partial charge in [0, 0.05) is 33.4 Å². The molecule has 23 heavy (non-hydrogen) atoms. The SMILES string of the molecule is CCOCCC1(CNC(=NC)NCc2ccsc2)CCCC1.I. The molecule has 0 saturated heterocycles. The van der Waals surface area contributed by atoms with Gasteiger partial charge in [-0.05, 0) is 54.0 Å². The predicted octanol–water partition coefficient (Wildman–Crippen LogP) is 4.02. The van der Waals surface area contributed by atoms with Crippen LogP contribution in [0, 0.1) is 5.41 Å². The normalized spacial score (nSPS) is 16.9. The highest BCUT2D eigenvalue weighted by Gasteiger charge is 2.33. The first-order chi connectivity index (χ1) is 10.8. The first-order valence-electron chi connectivity index (χ1n) is 8.31. The highest BCUT2D eigenvalue weighted by Crippen LogP contribution is 2.40. The molecule has 4 nitrogen and oxygen atoms in total. The number of halogens is 1. The van der Waals surface area contributed by atoms with E-state index in [2.05, 4.69) is 39.4 Å². The molecule has 2 N–H and O–H groups in total. The number of rotatable bonds is 8. The largest absolute Gasteiger partial charge is 0.382 e. The summed E-state index contributed by atoms with van der Waals surface area (Å²) in [6.07, 6.45) is 6.43. The molecule has 1 aliphatic carbocycles. The van der Waals surface area contributed by atoms with E-state index < -0.39 is 0 Å². The Bertz CT molecular complexity index is 445. The Hall–Kier alpha value is -0.340. The molecule has 1 heterocycles. The van der Waals surface area contributed by atoms with Crippen molar-refractivity contribution in [2.24, 2.45) is 10.4 Å². The third kappa shape index (κ3) is 6.97. The Balaban J connectivity index is 0.00000264. The fourth-order valence-electron chi connectivity index (χ4n) is 3.14. The number of ether oxygens (including phenoxy) is 1. The van der Waals surface area contributed by atoms with Crippen LogP contribution in [0.4, 0.5) is 0 Å². The van der Waals surface area contributed by atoms with E-state index in [1.54, 1.807) is 11.3 Å². The van der Waals surface area contributed by atoms with Gasteiger partial charge >= 0.3 is 0 Å². The zero-order chi connectivity index (χ0) is 15.7. The third-order valence-corrected chi connectivity index (χ3v) is 5.27. The molecule has 1 aromatic heterocycles.